The van der Waals surface area contributed by atoms with Gasteiger partial charge in [-0.2, -0.15) is 0 Å². The molecule has 3 N–H and O–H groups in total. The van der Waals surface area contributed by atoms with Crippen LogP contribution in [0, 0.1) is 24.6 Å². The molecule has 0 saturated heterocycles. The first-order valence-electron chi connectivity index (χ1n) is 17.0. The van der Waals surface area contributed by atoms with Gasteiger partial charge in [-0.15, -0.1) is 21.5 Å². The largest absolute Gasteiger partial charge is 0.491 e. The third-order valence-corrected chi connectivity index (χ3v) is 10.3. The molecule has 0 bridgehead atoms. The Bertz CT molecular complexity index is 2060. The molecule has 0 radical (unpaired) electrons. The number of halogens is 2. The summed E-state index contributed by atoms with van der Waals surface area (Å²) in [6.07, 6.45) is 1.43. The van der Waals surface area contributed by atoms with Crippen LogP contribution in [0.3, 0.4) is 0 Å². The third-order valence-electron chi connectivity index (χ3n) is 7.83. The van der Waals surface area contributed by atoms with Crippen LogP contribution in [0.25, 0.3) is 10.2 Å². The number of ether oxygens (including phenoxy) is 1. The Morgan fingerprint density at radius 3 is 2.60 bits per heavy atom. The second kappa shape index (κ2) is 18.4. The number of carboxylic acids is 1. The molecular weight excluding hydrogens is 830 g/mol. The molecule has 0 aliphatic rings. The van der Waals surface area contributed by atoms with Crippen molar-refractivity contribution in [2.24, 2.45) is 0 Å². The number of rotatable bonds is 17. The predicted molar refractivity (Wildman–Crippen MR) is 218 cm³/mol. The molecule has 0 saturated carbocycles. The van der Waals surface area contributed by atoms with Gasteiger partial charge in [0.25, 0.3) is 0 Å². The van der Waals surface area contributed by atoms with Crippen molar-refractivity contribution in [3.63, 3.8) is 0 Å². The number of hydrogen-bond acceptors (Lipinski definition) is 12. The number of carbonyl (C=O) groups is 1. The van der Waals surface area contributed by atoms with E-state index < -0.39 is 17.9 Å². The molecule has 1 unspecified atom stereocenters. The van der Waals surface area contributed by atoms with E-state index in [4.69, 9.17) is 4.74 Å². The highest BCUT2D eigenvalue weighted by atomic mass is 127. The molecule has 16 heteroatoms. The molecule has 3 heterocycles. The quantitative estimate of drug-likeness (QED) is 0.0291. The number of benzene rings is 2. The SMILES string of the molecule is Cc1cc(N(CCCC(O)C[N+](C)(C)C)c2nc(C(=O)O)c(CCCOc3ccc(C#CCN(C)I)cc3F)s2)nnc1Nc1nc2ccccc2s1. The molecule has 5 rings (SSSR count). The first-order chi connectivity index (χ1) is 25.3. The van der Waals surface area contributed by atoms with E-state index in [0.29, 0.717) is 82.1 Å². The van der Waals surface area contributed by atoms with E-state index in [1.54, 1.807) is 12.1 Å². The van der Waals surface area contributed by atoms with Crippen LogP contribution >= 0.6 is 45.5 Å². The maximum absolute atomic E-state index is 14.7. The lowest BCUT2D eigenvalue weighted by atomic mass is 10.1. The second-order valence-corrected chi connectivity index (χ2v) is 17.2. The number of aliphatic hydroxyl groups is 1. The number of fused-ring (bicyclic) bond motifs is 1. The molecule has 0 aliphatic heterocycles. The molecule has 53 heavy (non-hydrogen) atoms. The Labute approximate surface area is 330 Å². The first-order valence-corrected chi connectivity index (χ1v) is 19.6. The summed E-state index contributed by atoms with van der Waals surface area (Å²) in [7, 11) is 7.99. The fourth-order valence-electron chi connectivity index (χ4n) is 5.42. The van der Waals surface area contributed by atoms with Crippen molar-refractivity contribution in [3.8, 4) is 17.6 Å². The van der Waals surface area contributed by atoms with Crippen molar-refractivity contribution < 1.29 is 28.6 Å². The Kier molecular flexibility index (Phi) is 13.9. The van der Waals surface area contributed by atoms with Crippen LogP contribution in [-0.2, 0) is 6.42 Å². The third kappa shape index (κ3) is 11.7. The minimum Gasteiger partial charge on any atom is -0.491 e. The number of aromatic carboxylic acids is 1. The van der Waals surface area contributed by atoms with Gasteiger partial charge in [0.15, 0.2) is 39.2 Å². The van der Waals surface area contributed by atoms with Gasteiger partial charge in [0.05, 0.1) is 44.5 Å². The summed E-state index contributed by atoms with van der Waals surface area (Å²) in [6.45, 7) is 3.67. The Morgan fingerprint density at radius 2 is 1.91 bits per heavy atom. The lowest BCUT2D eigenvalue weighted by Gasteiger charge is -2.27. The summed E-state index contributed by atoms with van der Waals surface area (Å²) in [5.74, 6) is 5.43. The number of quaternary nitrogens is 1. The number of nitrogens with one attached hydrogen (secondary N) is 1. The molecular formula is C37H43FIN8O4S2+. The summed E-state index contributed by atoms with van der Waals surface area (Å²) >= 11 is 4.91. The summed E-state index contributed by atoms with van der Waals surface area (Å²) in [5.41, 5.74) is 2.22. The average Bonchev–Trinajstić information content (AvgIpc) is 3.70. The number of carboxylic acid groups (broad SMARTS) is 1. The van der Waals surface area contributed by atoms with Crippen LogP contribution in [0.15, 0.2) is 48.5 Å². The van der Waals surface area contributed by atoms with Crippen molar-refractivity contribution in [1.29, 1.82) is 0 Å². The van der Waals surface area contributed by atoms with Crippen LogP contribution in [0.4, 0.5) is 26.3 Å². The van der Waals surface area contributed by atoms with Crippen LogP contribution < -0.4 is 15.0 Å². The van der Waals surface area contributed by atoms with Crippen molar-refractivity contribution >= 4 is 83.6 Å². The van der Waals surface area contributed by atoms with Gasteiger partial charge in [0.1, 0.15) is 12.6 Å². The monoisotopic (exact) mass is 873 g/mol. The summed E-state index contributed by atoms with van der Waals surface area (Å²) < 4.78 is 24.0. The van der Waals surface area contributed by atoms with Gasteiger partial charge in [-0.25, -0.2) is 22.3 Å². The van der Waals surface area contributed by atoms with Crippen molar-refractivity contribution in [3.05, 3.63) is 76.0 Å². The van der Waals surface area contributed by atoms with Gasteiger partial charge in [-0.3, -0.25) is 0 Å². The number of thiazole rings is 2. The van der Waals surface area contributed by atoms with Gasteiger partial charge < -0.3 is 29.6 Å². The van der Waals surface area contributed by atoms with Crippen molar-refractivity contribution in [2.45, 2.75) is 38.7 Å². The summed E-state index contributed by atoms with van der Waals surface area (Å²) in [5, 5.41) is 34.3. The number of nitrogens with zero attached hydrogens (tertiary/aromatic N) is 7. The zero-order valence-corrected chi connectivity index (χ0v) is 34.1. The smallest absolute Gasteiger partial charge is 0.355 e. The summed E-state index contributed by atoms with van der Waals surface area (Å²) in [4.78, 5) is 24.0. The maximum Gasteiger partial charge on any atom is 0.355 e. The van der Waals surface area contributed by atoms with E-state index >= 15 is 0 Å². The number of likely N-dealkylation sites (N-methyl/N-ethyl adjacent to an activating group) is 1. The summed E-state index contributed by atoms with van der Waals surface area (Å²) in [6, 6.07) is 14.4. The van der Waals surface area contributed by atoms with E-state index in [9.17, 15) is 19.4 Å². The van der Waals surface area contributed by atoms with Gasteiger partial charge in [0.2, 0.25) is 0 Å². The molecule has 3 aromatic heterocycles. The van der Waals surface area contributed by atoms with E-state index in [0.717, 1.165) is 15.8 Å². The number of aryl methyl sites for hydroxylation is 2. The standard InChI is InChI=1S/C37H42FIN8O4S2/c1-24-21-32(43-44-34(24)42-36-40-28-13-6-7-14-30(28)52-36)46(19-9-12-26(48)23-47(3,4)5)37-41-33(35(49)50)31(53-37)15-10-20-51-29-17-16-25(22-27(29)38)11-8-18-45(2)39/h6-7,13-14,16-17,21-22,26,48H,9-10,12,15,18-20,23H2,1-5H3,(H-,40,42,44,49,50)/p+1. The molecule has 12 nitrogen and oxygen atoms in total. The Balaban J connectivity index is 1.31. The van der Waals surface area contributed by atoms with Crippen LogP contribution in [0.5, 0.6) is 5.75 Å². The maximum atomic E-state index is 14.7. The molecule has 280 valence electrons. The highest BCUT2D eigenvalue weighted by molar-refractivity contribution is 14.1. The molecule has 0 fully saturated rings. The molecule has 0 amide bonds. The molecule has 0 aliphatic carbocycles. The van der Waals surface area contributed by atoms with Crippen molar-refractivity contribution in [1.82, 2.24) is 23.3 Å². The number of aromatic nitrogens is 4. The van der Waals surface area contributed by atoms with Gasteiger partial charge in [-0.1, -0.05) is 35.3 Å². The molecule has 1 atom stereocenters. The normalized spacial score (nSPS) is 12.1. The Morgan fingerprint density at radius 1 is 1.11 bits per heavy atom. The van der Waals surface area contributed by atoms with Gasteiger partial charge in [-0.05, 0) is 81.6 Å². The number of para-hydroxylation sites is 1. The first kappa shape index (κ1) is 40.2. The highest BCUT2D eigenvalue weighted by Gasteiger charge is 2.24. The zero-order valence-electron chi connectivity index (χ0n) is 30.3. The Hall–Kier alpha value is -3.99. The molecule has 0 spiro atoms. The average molecular weight is 874 g/mol. The van der Waals surface area contributed by atoms with Crippen LogP contribution in [0.1, 0.15) is 45.8 Å². The molecule has 2 aromatic carbocycles. The highest BCUT2D eigenvalue weighted by Crippen LogP contribution is 2.34. The van der Waals surface area contributed by atoms with Gasteiger partial charge >= 0.3 is 5.97 Å². The number of hydrogen-bond donors (Lipinski definition) is 3. The van der Waals surface area contributed by atoms with Crippen molar-refractivity contribution in [2.75, 3.05) is 64.6 Å². The lowest BCUT2D eigenvalue weighted by Crippen LogP contribution is -2.41. The lowest BCUT2D eigenvalue weighted by molar-refractivity contribution is -0.873. The van der Waals surface area contributed by atoms with Gasteiger partial charge in [0, 0.05) is 39.8 Å². The fraction of sp³-hybridized carbons (Fsp3) is 0.378. The second-order valence-electron chi connectivity index (χ2n) is 13.5. The van der Waals surface area contributed by atoms with Crippen LogP contribution in [0.2, 0.25) is 0 Å². The minimum absolute atomic E-state index is 0.0508. The zero-order chi connectivity index (χ0) is 38.1. The van der Waals surface area contributed by atoms with Crippen LogP contribution in [-0.4, -0.2) is 104 Å². The topological polar surface area (TPSA) is 137 Å². The van der Waals surface area contributed by atoms with E-state index in [1.165, 1.54) is 28.7 Å². The molecule has 5 aromatic rings. The number of anilines is 4. The fourth-order valence-corrected chi connectivity index (χ4v) is 7.59. The minimum atomic E-state index is -1.14. The van der Waals surface area contributed by atoms with E-state index in [-0.39, 0.29) is 18.1 Å². The van der Waals surface area contributed by atoms with E-state index in [1.807, 2.05) is 73.5 Å². The number of aliphatic hydroxyl groups excluding tert-OH is 1. The van der Waals surface area contributed by atoms with E-state index in [2.05, 4.69) is 60.2 Å². The predicted octanol–water partition coefficient (Wildman–Crippen LogP) is 7.06.